The van der Waals surface area contributed by atoms with E-state index in [0.717, 1.165) is 34.0 Å². The third-order valence-corrected chi connectivity index (χ3v) is 4.54. The number of carbonyl (C=O) groups is 2. The Hall–Kier alpha value is -1.88. The van der Waals surface area contributed by atoms with E-state index in [1.54, 1.807) is 25.1 Å². The molecule has 124 valence electrons. The zero-order valence-corrected chi connectivity index (χ0v) is 15.8. The Morgan fingerprint density at radius 1 is 1.35 bits per heavy atom. The van der Waals surface area contributed by atoms with E-state index < -0.39 is 0 Å². The van der Waals surface area contributed by atoms with E-state index >= 15 is 0 Å². The highest BCUT2D eigenvalue weighted by molar-refractivity contribution is 9.10. The minimum absolute atomic E-state index is 0.216. The van der Waals surface area contributed by atoms with Crippen molar-refractivity contribution in [1.82, 2.24) is 4.90 Å². The fraction of sp³-hybridized carbons (Fsp3) is 0.333. The van der Waals surface area contributed by atoms with Crippen LogP contribution < -0.4 is 5.32 Å². The van der Waals surface area contributed by atoms with Gasteiger partial charge in [-0.3, -0.25) is 9.59 Å². The smallest absolute Gasteiger partial charge is 0.255 e. The van der Waals surface area contributed by atoms with E-state index in [1.807, 2.05) is 39.0 Å². The number of benzene rings is 1. The van der Waals surface area contributed by atoms with Crippen LogP contribution in [0.5, 0.6) is 0 Å². The van der Waals surface area contributed by atoms with Crippen molar-refractivity contribution in [2.45, 2.75) is 27.2 Å². The maximum Gasteiger partial charge on any atom is 0.255 e. The number of hydrogen-bond acceptors (Lipinski definition) is 3. The molecule has 0 aliphatic rings. The van der Waals surface area contributed by atoms with Gasteiger partial charge in [0.2, 0.25) is 0 Å². The first kappa shape index (κ1) is 19.2. The lowest BCUT2D eigenvalue weighted by molar-refractivity contribution is -0.112. The quantitative estimate of drug-likeness (QED) is 0.461. The van der Waals surface area contributed by atoms with Crippen LogP contribution in [0, 0.1) is 6.92 Å². The number of carbonyl (C=O) groups excluding carboxylic acids is 2. The van der Waals surface area contributed by atoms with Crippen molar-refractivity contribution >= 4 is 33.8 Å². The van der Waals surface area contributed by atoms with Crippen LogP contribution in [0.25, 0.3) is 0 Å². The van der Waals surface area contributed by atoms with Crippen LogP contribution in [0.1, 0.15) is 25.8 Å². The van der Waals surface area contributed by atoms with Gasteiger partial charge in [-0.2, -0.15) is 0 Å². The molecular weight excluding hydrogens is 356 g/mol. The Labute approximate surface area is 146 Å². The van der Waals surface area contributed by atoms with Crippen LogP contribution >= 0.6 is 15.9 Å². The summed E-state index contributed by atoms with van der Waals surface area (Å²) in [5.74, 6) is -0.216. The second kappa shape index (κ2) is 8.67. The lowest BCUT2D eigenvalue weighted by Gasteiger charge is -2.15. The topological polar surface area (TPSA) is 49.4 Å². The van der Waals surface area contributed by atoms with Crippen LogP contribution in [0.2, 0.25) is 0 Å². The number of rotatable bonds is 6. The van der Waals surface area contributed by atoms with Gasteiger partial charge in [0.25, 0.3) is 5.91 Å². The van der Waals surface area contributed by atoms with Gasteiger partial charge in [0, 0.05) is 29.8 Å². The first-order valence-corrected chi connectivity index (χ1v) is 8.21. The van der Waals surface area contributed by atoms with Gasteiger partial charge in [0.05, 0.1) is 5.70 Å². The zero-order chi connectivity index (χ0) is 17.6. The molecule has 0 saturated carbocycles. The molecule has 0 saturated heterocycles. The number of aldehydes is 1. The van der Waals surface area contributed by atoms with E-state index in [1.165, 1.54) is 0 Å². The molecular formula is C18H23BrN2O2. The summed E-state index contributed by atoms with van der Waals surface area (Å²) in [4.78, 5) is 25.6. The van der Waals surface area contributed by atoms with Gasteiger partial charge in [-0.15, -0.1) is 0 Å². The van der Waals surface area contributed by atoms with Gasteiger partial charge >= 0.3 is 0 Å². The van der Waals surface area contributed by atoms with Crippen molar-refractivity contribution in [3.8, 4) is 0 Å². The highest BCUT2D eigenvalue weighted by Gasteiger charge is 2.14. The van der Waals surface area contributed by atoms with Gasteiger partial charge in [-0.05, 0) is 44.0 Å². The van der Waals surface area contributed by atoms with Gasteiger partial charge in [0.1, 0.15) is 0 Å². The average molecular weight is 379 g/mol. The monoisotopic (exact) mass is 378 g/mol. The Kier molecular flexibility index (Phi) is 7.23. The third-order valence-electron chi connectivity index (χ3n) is 3.68. The maximum atomic E-state index is 12.7. The average Bonchev–Trinajstić information content (AvgIpc) is 2.51. The maximum absolute atomic E-state index is 12.7. The molecule has 4 nitrogen and oxygen atoms in total. The Morgan fingerprint density at radius 3 is 2.52 bits per heavy atom. The number of hydrogen-bond donors (Lipinski definition) is 1. The summed E-state index contributed by atoms with van der Waals surface area (Å²) in [5.41, 5.74) is 3.60. The van der Waals surface area contributed by atoms with E-state index in [9.17, 15) is 9.59 Å². The summed E-state index contributed by atoms with van der Waals surface area (Å²) < 4.78 is 0.936. The molecule has 1 amide bonds. The first-order chi connectivity index (χ1) is 10.8. The zero-order valence-electron chi connectivity index (χ0n) is 14.2. The van der Waals surface area contributed by atoms with Crippen molar-refractivity contribution in [2.24, 2.45) is 0 Å². The highest BCUT2D eigenvalue weighted by atomic mass is 79.9. The molecule has 0 aliphatic carbocycles. The molecule has 5 heteroatoms. The van der Waals surface area contributed by atoms with Crippen molar-refractivity contribution in [2.75, 3.05) is 19.4 Å². The molecule has 0 radical (unpaired) electrons. The number of nitrogens with one attached hydrogen (secondary N) is 1. The standard InChI is InChI=1S/C18H23BrN2O2/c1-6-12(2)15(10-14(11-22)21(4)5)18(23)20-17-9-7-8-16(19)13(17)3/h7-11H,6H2,1-5H3,(H,20,23)/b14-10-,15-12-. The normalized spacial score (nSPS) is 12.5. The van der Waals surface area contributed by atoms with Gasteiger partial charge in [0.15, 0.2) is 6.29 Å². The number of halogens is 1. The fourth-order valence-electron chi connectivity index (χ4n) is 1.92. The summed E-state index contributed by atoms with van der Waals surface area (Å²) in [6, 6.07) is 5.65. The molecule has 1 aromatic rings. The molecule has 0 bridgehead atoms. The van der Waals surface area contributed by atoms with E-state index in [2.05, 4.69) is 21.2 Å². The summed E-state index contributed by atoms with van der Waals surface area (Å²) in [6.45, 7) is 5.82. The molecule has 0 atom stereocenters. The minimum Gasteiger partial charge on any atom is -0.375 e. The van der Waals surface area contributed by atoms with Crippen molar-refractivity contribution in [1.29, 1.82) is 0 Å². The largest absolute Gasteiger partial charge is 0.375 e. The van der Waals surface area contributed by atoms with Gasteiger partial charge in [-0.25, -0.2) is 0 Å². The third kappa shape index (κ3) is 5.06. The van der Waals surface area contributed by atoms with Crippen LogP contribution in [0.4, 0.5) is 5.69 Å². The molecule has 0 aromatic heterocycles. The lowest BCUT2D eigenvalue weighted by Crippen LogP contribution is -2.18. The summed E-state index contributed by atoms with van der Waals surface area (Å²) in [6.07, 6.45) is 3.12. The van der Waals surface area contributed by atoms with Gasteiger partial charge < -0.3 is 10.2 Å². The van der Waals surface area contributed by atoms with Gasteiger partial charge in [-0.1, -0.05) is 34.5 Å². The van der Waals surface area contributed by atoms with E-state index in [4.69, 9.17) is 0 Å². The number of allylic oxidation sites excluding steroid dienone is 2. The number of nitrogens with zero attached hydrogens (tertiary/aromatic N) is 1. The molecule has 0 aliphatic heterocycles. The Bertz CT molecular complexity index is 661. The molecule has 23 heavy (non-hydrogen) atoms. The molecule has 1 N–H and O–H groups in total. The first-order valence-electron chi connectivity index (χ1n) is 7.42. The minimum atomic E-state index is -0.216. The number of anilines is 1. The highest BCUT2D eigenvalue weighted by Crippen LogP contribution is 2.24. The van der Waals surface area contributed by atoms with E-state index in [-0.39, 0.29) is 5.91 Å². The van der Waals surface area contributed by atoms with Crippen LogP contribution in [-0.2, 0) is 9.59 Å². The summed E-state index contributed by atoms with van der Waals surface area (Å²) in [5, 5.41) is 2.93. The number of likely N-dealkylation sites (N-methyl/N-ethyl adjacent to an activating group) is 1. The molecule has 1 aromatic carbocycles. The van der Waals surface area contributed by atoms with Crippen LogP contribution in [0.15, 0.2) is 45.6 Å². The number of amides is 1. The Morgan fingerprint density at radius 2 is 2.00 bits per heavy atom. The van der Waals surface area contributed by atoms with Crippen LogP contribution in [0.3, 0.4) is 0 Å². The molecule has 0 fully saturated rings. The second-order valence-electron chi connectivity index (χ2n) is 5.50. The lowest BCUT2D eigenvalue weighted by atomic mass is 10.0. The molecule has 1 rings (SSSR count). The molecule has 0 unspecified atom stereocenters. The fourth-order valence-corrected chi connectivity index (χ4v) is 2.29. The predicted octanol–water partition coefficient (Wildman–Crippen LogP) is 4.07. The van der Waals surface area contributed by atoms with Crippen molar-refractivity contribution in [3.63, 3.8) is 0 Å². The predicted molar refractivity (Wildman–Crippen MR) is 98.3 cm³/mol. The van der Waals surface area contributed by atoms with E-state index in [0.29, 0.717) is 11.3 Å². The molecule has 0 heterocycles. The summed E-state index contributed by atoms with van der Waals surface area (Å²) in [7, 11) is 3.55. The molecule has 0 spiro atoms. The van der Waals surface area contributed by atoms with Crippen molar-refractivity contribution < 1.29 is 9.59 Å². The van der Waals surface area contributed by atoms with Crippen molar-refractivity contribution in [3.05, 3.63) is 51.2 Å². The van der Waals surface area contributed by atoms with Crippen LogP contribution in [-0.4, -0.2) is 31.2 Å². The Balaban J connectivity index is 3.22. The summed E-state index contributed by atoms with van der Waals surface area (Å²) >= 11 is 3.46. The SMILES string of the molecule is CC/C(C)=C(/C=C(/C=O)N(C)C)C(=O)Nc1cccc(Br)c1C. The second-order valence-corrected chi connectivity index (χ2v) is 6.35.